The van der Waals surface area contributed by atoms with Crippen molar-refractivity contribution in [2.24, 2.45) is 0 Å². The van der Waals surface area contributed by atoms with Crippen molar-refractivity contribution >= 4 is 38.6 Å². The maximum absolute atomic E-state index is 2.51. The van der Waals surface area contributed by atoms with Crippen LogP contribution in [0.5, 0.6) is 0 Å². The first-order valence-corrected chi connectivity index (χ1v) is 23.0. The van der Waals surface area contributed by atoms with Crippen molar-refractivity contribution in [1.82, 2.24) is 0 Å². The maximum Gasteiger partial charge on any atom is 0.0546 e. The molecule has 1 heteroatoms. The molecule has 1 aliphatic carbocycles. The molecule has 0 saturated carbocycles. The van der Waals surface area contributed by atoms with Gasteiger partial charge in [0.15, 0.2) is 0 Å². The van der Waals surface area contributed by atoms with Crippen LogP contribution in [0.25, 0.3) is 88.3 Å². The van der Waals surface area contributed by atoms with Crippen molar-refractivity contribution < 1.29 is 0 Å². The van der Waals surface area contributed by atoms with Crippen LogP contribution in [0.15, 0.2) is 249 Å². The molecule has 0 unspecified atom stereocenters. The minimum absolute atomic E-state index is 0.206. The normalized spacial score (nSPS) is 12.5. The fourth-order valence-electron chi connectivity index (χ4n) is 10.7. The Morgan fingerprint density at radius 2 is 0.818 bits per heavy atom. The number of para-hydroxylation sites is 1. The van der Waals surface area contributed by atoms with E-state index < -0.39 is 0 Å². The molecule has 0 fully saturated rings. The molecule has 0 N–H and O–H groups in total. The number of fused-ring (bicyclic) bond motifs is 6. The summed E-state index contributed by atoms with van der Waals surface area (Å²) in [5.74, 6) is 0. The zero-order valence-corrected chi connectivity index (χ0v) is 37.1. The van der Waals surface area contributed by atoms with Crippen molar-refractivity contribution in [3.63, 3.8) is 0 Å². The Labute approximate surface area is 387 Å². The van der Waals surface area contributed by atoms with E-state index in [-0.39, 0.29) is 5.41 Å². The van der Waals surface area contributed by atoms with Crippen molar-refractivity contribution in [2.75, 3.05) is 4.90 Å². The smallest absolute Gasteiger partial charge is 0.0546 e. The van der Waals surface area contributed by atoms with Gasteiger partial charge in [-0.15, -0.1) is 0 Å². The summed E-state index contributed by atoms with van der Waals surface area (Å²) in [4.78, 5) is 2.51. The zero-order chi connectivity index (χ0) is 44.2. The molecule has 11 aromatic carbocycles. The molecule has 1 aliphatic rings. The summed E-state index contributed by atoms with van der Waals surface area (Å²) >= 11 is 0. The molecule has 12 rings (SSSR count). The second-order valence-corrected chi connectivity index (χ2v) is 18.0. The summed E-state index contributed by atoms with van der Waals surface area (Å²) in [7, 11) is 0. The number of anilines is 3. The molecular formula is C65H47N. The van der Waals surface area contributed by atoms with E-state index in [0.717, 1.165) is 28.2 Å². The van der Waals surface area contributed by atoms with Crippen LogP contribution in [0, 0.1) is 0 Å². The topological polar surface area (TPSA) is 3.24 Å². The molecule has 1 nitrogen and oxygen atoms in total. The van der Waals surface area contributed by atoms with Crippen molar-refractivity contribution in [3.05, 3.63) is 260 Å². The molecule has 0 heterocycles. The van der Waals surface area contributed by atoms with Crippen LogP contribution in [0.3, 0.4) is 0 Å². The van der Waals surface area contributed by atoms with Crippen LogP contribution in [0.4, 0.5) is 17.1 Å². The summed E-state index contributed by atoms with van der Waals surface area (Å²) < 4.78 is 0. The summed E-state index contributed by atoms with van der Waals surface area (Å²) in [5.41, 5.74) is 20.3. The number of rotatable bonds is 8. The summed E-state index contributed by atoms with van der Waals surface area (Å²) in [6.07, 6.45) is 0. The zero-order valence-electron chi connectivity index (χ0n) is 37.1. The van der Waals surface area contributed by atoms with Gasteiger partial charge < -0.3 is 4.90 Å². The van der Waals surface area contributed by atoms with Gasteiger partial charge in [0.05, 0.1) is 11.4 Å². The van der Waals surface area contributed by atoms with Gasteiger partial charge in [-0.1, -0.05) is 226 Å². The molecule has 0 saturated heterocycles. The van der Waals surface area contributed by atoms with Crippen LogP contribution >= 0.6 is 0 Å². The predicted molar refractivity (Wildman–Crippen MR) is 281 cm³/mol. The lowest BCUT2D eigenvalue weighted by molar-refractivity contribution is 0.662. The third-order valence-electron chi connectivity index (χ3n) is 13.8. The number of benzene rings is 11. The number of nitrogens with zero attached hydrogens (tertiary/aromatic N) is 1. The lowest BCUT2D eigenvalue weighted by atomic mass is 9.77. The molecular weight excluding hydrogens is 795 g/mol. The molecule has 0 amide bonds. The highest BCUT2D eigenvalue weighted by Gasteiger charge is 2.38. The summed E-state index contributed by atoms with van der Waals surface area (Å²) in [6.45, 7) is 4.79. The Hall–Kier alpha value is -8.26. The number of hydrogen-bond acceptors (Lipinski definition) is 1. The van der Waals surface area contributed by atoms with E-state index in [1.54, 1.807) is 0 Å². The molecule has 11 aromatic rings. The molecule has 0 atom stereocenters. The van der Waals surface area contributed by atoms with Crippen LogP contribution in [-0.2, 0) is 5.41 Å². The largest absolute Gasteiger partial charge is 0.309 e. The third-order valence-corrected chi connectivity index (χ3v) is 13.8. The second kappa shape index (κ2) is 16.1. The van der Waals surface area contributed by atoms with Gasteiger partial charge in [0.1, 0.15) is 0 Å². The van der Waals surface area contributed by atoms with E-state index in [9.17, 15) is 0 Å². The summed E-state index contributed by atoms with van der Waals surface area (Å²) in [5, 5.41) is 5.01. The van der Waals surface area contributed by atoms with Crippen LogP contribution in [-0.4, -0.2) is 0 Å². The van der Waals surface area contributed by atoms with Crippen LogP contribution < -0.4 is 4.90 Å². The van der Waals surface area contributed by atoms with E-state index >= 15 is 0 Å². The van der Waals surface area contributed by atoms with E-state index in [2.05, 4.69) is 267 Å². The highest BCUT2D eigenvalue weighted by atomic mass is 15.1. The van der Waals surface area contributed by atoms with Crippen molar-refractivity contribution in [2.45, 2.75) is 19.3 Å². The quantitative estimate of drug-likeness (QED) is 0.138. The van der Waals surface area contributed by atoms with E-state index in [1.165, 1.54) is 88.3 Å². The van der Waals surface area contributed by atoms with Crippen LogP contribution in [0.1, 0.15) is 25.0 Å². The Balaban J connectivity index is 1.13. The van der Waals surface area contributed by atoms with Crippen molar-refractivity contribution in [1.29, 1.82) is 0 Å². The van der Waals surface area contributed by atoms with Gasteiger partial charge in [-0.3, -0.25) is 0 Å². The average molecular weight is 842 g/mol. The average Bonchev–Trinajstić information content (AvgIpc) is 3.63. The predicted octanol–water partition coefficient (Wildman–Crippen LogP) is 18.1. The Morgan fingerprint density at radius 3 is 1.62 bits per heavy atom. The van der Waals surface area contributed by atoms with Gasteiger partial charge in [0.25, 0.3) is 0 Å². The molecule has 0 aromatic heterocycles. The molecule has 0 bridgehead atoms. The highest BCUT2D eigenvalue weighted by molar-refractivity contribution is 6.09. The molecule has 0 spiro atoms. The standard InChI is InChI=1S/C65H47N/c1-65(2)60-31-13-11-27-56(60)58-29-16-30-59(64(58)65)57-28-17-33-62(63(57)51-24-15-23-48(42-51)45-20-7-4-8-21-45)66(52-39-36-46(37-40-52)44-18-5-3-6-19-44)61-32-14-12-26-55(61)50-38-41-54-49(43-50)35-34-47-22-9-10-25-53(47)54/h3-43H,1-2H3. The third kappa shape index (κ3) is 6.63. The minimum Gasteiger partial charge on any atom is -0.309 e. The lowest BCUT2D eigenvalue weighted by Gasteiger charge is -2.32. The lowest BCUT2D eigenvalue weighted by Crippen LogP contribution is -2.17. The van der Waals surface area contributed by atoms with Crippen LogP contribution in [0.2, 0.25) is 0 Å². The van der Waals surface area contributed by atoms with Crippen molar-refractivity contribution in [3.8, 4) is 66.8 Å². The maximum atomic E-state index is 2.51. The molecule has 0 radical (unpaired) electrons. The van der Waals surface area contributed by atoms with E-state index in [4.69, 9.17) is 0 Å². The summed E-state index contributed by atoms with van der Waals surface area (Å²) in [6, 6.07) is 91.6. The highest BCUT2D eigenvalue weighted by Crippen LogP contribution is 2.55. The minimum atomic E-state index is -0.206. The van der Waals surface area contributed by atoms with E-state index in [1.807, 2.05) is 0 Å². The van der Waals surface area contributed by atoms with Gasteiger partial charge in [-0.2, -0.15) is 0 Å². The van der Waals surface area contributed by atoms with Gasteiger partial charge in [-0.25, -0.2) is 0 Å². The Kier molecular flexibility index (Phi) is 9.58. The first kappa shape index (κ1) is 39.3. The first-order chi connectivity index (χ1) is 32.5. The van der Waals surface area contributed by atoms with Gasteiger partial charge >= 0.3 is 0 Å². The Morgan fingerprint density at radius 1 is 0.303 bits per heavy atom. The molecule has 0 aliphatic heterocycles. The second-order valence-electron chi connectivity index (χ2n) is 18.0. The van der Waals surface area contributed by atoms with E-state index in [0.29, 0.717) is 0 Å². The fraction of sp³-hybridized carbons (Fsp3) is 0.0462. The fourth-order valence-corrected chi connectivity index (χ4v) is 10.7. The monoisotopic (exact) mass is 841 g/mol. The SMILES string of the molecule is CC1(C)c2ccccc2-c2cccc(-c3cccc(N(c4ccc(-c5ccccc5)cc4)c4ccccc4-c4ccc5c(ccc6ccccc65)c4)c3-c3cccc(-c4ccccc4)c3)c21. The molecule has 66 heavy (non-hydrogen) atoms. The molecule has 312 valence electrons. The van der Waals surface area contributed by atoms with Gasteiger partial charge in [-0.05, 0) is 125 Å². The Bertz CT molecular complexity index is 3600. The number of hydrogen-bond donors (Lipinski definition) is 0. The first-order valence-electron chi connectivity index (χ1n) is 23.0. The van der Waals surface area contributed by atoms with Gasteiger partial charge in [0, 0.05) is 22.2 Å². The van der Waals surface area contributed by atoms with Gasteiger partial charge in [0.2, 0.25) is 0 Å².